The summed E-state index contributed by atoms with van der Waals surface area (Å²) in [6.45, 7) is 5.54. The third-order valence-electron chi connectivity index (χ3n) is 3.39. The van der Waals surface area contributed by atoms with Crippen LogP contribution in [0.25, 0.3) is 0 Å². The van der Waals surface area contributed by atoms with Crippen molar-refractivity contribution in [3.8, 4) is 5.88 Å². The highest BCUT2D eigenvalue weighted by Gasteiger charge is 2.21. The van der Waals surface area contributed by atoms with E-state index in [1.165, 1.54) is 11.8 Å². The standard InChI is InChI=1S/C14H19N3O3S/c1-9-6-7-12(8-10(9)2)21(18,19)16-13-11(3)15-17(4)14(13)20-5/h6-8,16H,1-5H3. The second-order valence-electron chi connectivity index (χ2n) is 4.94. The molecular formula is C14H19N3O3S. The Morgan fingerprint density at radius 2 is 1.86 bits per heavy atom. The van der Waals surface area contributed by atoms with Crippen molar-refractivity contribution in [3.63, 3.8) is 0 Å². The van der Waals surface area contributed by atoms with Crippen LogP contribution < -0.4 is 9.46 Å². The van der Waals surface area contributed by atoms with Crippen LogP contribution in [0.5, 0.6) is 5.88 Å². The fourth-order valence-electron chi connectivity index (χ4n) is 2.06. The average Bonchev–Trinajstić information content (AvgIpc) is 2.66. The van der Waals surface area contributed by atoms with Crippen LogP contribution >= 0.6 is 0 Å². The van der Waals surface area contributed by atoms with Crippen molar-refractivity contribution >= 4 is 15.7 Å². The van der Waals surface area contributed by atoms with E-state index >= 15 is 0 Å². The highest BCUT2D eigenvalue weighted by molar-refractivity contribution is 7.92. The van der Waals surface area contributed by atoms with Gasteiger partial charge in [-0.3, -0.25) is 4.72 Å². The lowest BCUT2D eigenvalue weighted by molar-refractivity contribution is 0.375. The highest BCUT2D eigenvalue weighted by Crippen LogP contribution is 2.29. The van der Waals surface area contributed by atoms with Crippen molar-refractivity contribution in [3.05, 3.63) is 35.0 Å². The monoisotopic (exact) mass is 309 g/mol. The van der Waals surface area contributed by atoms with Gasteiger partial charge in [-0.05, 0) is 44.0 Å². The molecule has 0 amide bonds. The number of anilines is 1. The van der Waals surface area contributed by atoms with E-state index in [-0.39, 0.29) is 4.90 Å². The van der Waals surface area contributed by atoms with Crippen molar-refractivity contribution in [2.24, 2.45) is 7.05 Å². The van der Waals surface area contributed by atoms with E-state index in [1.54, 1.807) is 32.2 Å². The molecule has 0 atom stereocenters. The second kappa shape index (κ2) is 5.40. The second-order valence-corrected chi connectivity index (χ2v) is 6.63. The number of ether oxygens (including phenoxy) is 1. The molecule has 0 aliphatic rings. The third-order valence-corrected chi connectivity index (χ3v) is 4.74. The molecule has 0 bridgehead atoms. The van der Waals surface area contributed by atoms with Gasteiger partial charge in [0.2, 0.25) is 5.88 Å². The van der Waals surface area contributed by atoms with E-state index in [0.29, 0.717) is 17.3 Å². The summed E-state index contributed by atoms with van der Waals surface area (Å²) in [5, 5.41) is 4.16. The van der Waals surface area contributed by atoms with Gasteiger partial charge in [-0.2, -0.15) is 5.10 Å². The summed E-state index contributed by atoms with van der Waals surface area (Å²) in [4.78, 5) is 0.218. The van der Waals surface area contributed by atoms with E-state index in [1.807, 2.05) is 13.8 Å². The molecule has 0 saturated carbocycles. The van der Waals surface area contributed by atoms with E-state index in [2.05, 4.69) is 9.82 Å². The first kappa shape index (κ1) is 15.4. The maximum absolute atomic E-state index is 12.5. The number of nitrogens with one attached hydrogen (secondary N) is 1. The molecule has 0 aliphatic heterocycles. The van der Waals surface area contributed by atoms with Gasteiger partial charge >= 0.3 is 0 Å². The van der Waals surface area contributed by atoms with Gasteiger partial charge in [0.25, 0.3) is 10.0 Å². The molecule has 7 heteroatoms. The van der Waals surface area contributed by atoms with Gasteiger partial charge < -0.3 is 4.74 Å². The minimum atomic E-state index is -3.68. The molecule has 1 aromatic carbocycles. The summed E-state index contributed by atoms with van der Waals surface area (Å²) in [5.41, 5.74) is 2.89. The van der Waals surface area contributed by atoms with Crippen LogP contribution in [0.4, 0.5) is 5.69 Å². The van der Waals surface area contributed by atoms with Gasteiger partial charge in [-0.1, -0.05) is 6.07 Å². The van der Waals surface area contributed by atoms with Gasteiger partial charge in [-0.15, -0.1) is 0 Å². The first-order valence-electron chi connectivity index (χ1n) is 6.44. The van der Waals surface area contributed by atoms with Crippen LogP contribution in [0, 0.1) is 20.8 Å². The van der Waals surface area contributed by atoms with Gasteiger partial charge in [-0.25, -0.2) is 13.1 Å². The quantitative estimate of drug-likeness (QED) is 0.939. The molecule has 0 spiro atoms. The molecule has 2 rings (SSSR count). The Labute approximate surface area is 124 Å². The molecule has 21 heavy (non-hydrogen) atoms. The van der Waals surface area contributed by atoms with Gasteiger partial charge in [0, 0.05) is 7.05 Å². The van der Waals surface area contributed by atoms with Crippen LogP contribution in [-0.4, -0.2) is 25.3 Å². The molecule has 6 nitrogen and oxygen atoms in total. The number of benzene rings is 1. The Morgan fingerprint density at radius 1 is 1.19 bits per heavy atom. The predicted octanol–water partition coefficient (Wildman–Crippen LogP) is 2.15. The van der Waals surface area contributed by atoms with E-state index in [0.717, 1.165) is 11.1 Å². The van der Waals surface area contributed by atoms with E-state index < -0.39 is 10.0 Å². The van der Waals surface area contributed by atoms with Crippen LogP contribution in [0.1, 0.15) is 16.8 Å². The van der Waals surface area contributed by atoms with Gasteiger partial charge in [0.1, 0.15) is 5.69 Å². The normalized spacial score (nSPS) is 11.5. The Balaban J connectivity index is 2.44. The average molecular weight is 309 g/mol. The summed E-state index contributed by atoms with van der Waals surface area (Å²) in [6.07, 6.45) is 0. The Bertz CT molecular complexity index is 779. The Kier molecular flexibility index (Phi) is 3.95. The van der Waals surface area contributed by atoms with Crippen molar-refractivity contribution in [2.75, 3.05) is 11.8 Å². The number of hydrogen-bond donors (Lipinski definition) is 1. The largest absolute Gasteiger partial charge is 0.480 e. The molecule has 0 fully saturated rings. The molecule has 1 N–H and O–H groups in total. The topological polar surface area (TPSA) is 73.2 Å². The fourth-order valence-corrected chi connectivity index (χ4v) is 3.26. The molecule has 2 aromatic rings. The summed E-state index contributed by atoms with van der Waals surface area (Å²) in [7, 11) is -0.507. The Morgan fingerprint density at radius 3 is 2.43 bits per heavy atom. The summed E-state index contributed by atoms with van der Waals surface area (Å²) >= 11 is 0. The molecule has 0 aliphatic carbocycles. The molecule has 0 unspecified atom stereocenters. The summed E-state index contributed by atoms with van der Waals surface area (Å²) in [5.74, 6) is 0.375. The number of aromatic nitrogens is 2. The van der Waals surface area contributed by atoms with Crippen LogP contribution in [-0.2, 0) is 17.1 Å². The number of hydrogen-bond acceptors (Lipinski definition) is 4. The summed E-state index contributed by atoms with van der Waals surface area (Å²) in [6, 6.07) is 5.02. The molecular weight excluding hydrogens is 290 g/mol. The first-order chi connectivity index (χ1) is 9.76. The lowest BCUT2D eigenvalue weighted by Gasteiger charge is -2.10. The number of rotatable bonds is 4. The number of aryl methyl sites for hydroxylation is 4. The van der Waals surface area contributed by atoms with Gasteiger partial charge in [0.15, 0.2) is 0 Å². The van der Waals surface area contributed by atoms with Crippen LogP contribution in [0.15, 0.2) is 23.1 Å². The Hall–Kier alpha value is -2.02. The summed E-state index contributed by atoms with van der Waals surface area (Å²) < 4.78 is 34.2. The number of nitrogens with zero attached hydrogens (tertiary/aromatic N) is 2. The van der Waals surface area contributed by atoms with Crippen molar-refractivity contribution in [1.29, 1.82) is 0 Å². The third kappa shape index (κ3) is 2.87. The molecule has 1 aromatic heterocycles. The zero-order valence-corrected chi connectivity index (χ0v) is 13.6. The molecule has 0 radical (unpaired) electrons. The van der Waals surface area contributed by atoms with Crippen molar-refractivity contribution in [2.45, 2.75) is 25.7 Å². The maximum atomic E-state index is 12.5. The number of sulfonamides is 1. The first-order valence-corrected chi connectivity index (χ1v) is 7.92. The predicted molar refractivity (Wildman–Crippen MR) is 81.2 cm³/mol. The molecule has 1 heterocycles. The minimum absolute atomic E-state index is 0.218. The number of methoxy groups -OCH3 is 1. The van der Waals surface area contributed by atoms with E-state index in [4.69, 9.17) is 4.74 Å². The van der Waals surface area contributed by atoms with Crippen LogP contribution in [0.3, 0.4) is 0 Å². The minimum Gasteiger partial charge on any atom is -0.480 e. The van der Waals surface area contributed by atoms with E-state index in [9.17, 15) is 8.42 Å². The fraction of sp³-hybridized carbons (Fsp3) is 0.357. The molecule has 114 valence electrons. The maximum Gasteiger partial charge on any atom is 0.262 e. The lowest BCUT2D eigenvalue weighted by atomic mass is 10.1. The SMILES string of the molecule is COc1c(NS(=O)(=O)c2ccc(C)c(C)c2)c(C)nn1C. The van der Waals surface area contributed by atoms with Crippen molar-refractivity contribution in [1.82, 2.24) is 9.78 Å². The highest BCUT2D eigenvalue weighted by atomic mass is 32.2. The smallest absolute Gasteiger partial charge is 0.262 e. The zero-order valence-electron chi connectivity index (χ0n) is 12.8. The lowest BCUT2D eigenvalue weighted by Crippen LogP contribution is -2.14. The van der Waals surface area contributed by atoms with Gasteiger partial charge in [0.05, 0.1) is 17.7 Å². The van der Waals surface area contributed by atoms with Crippen molar-refractivity contribution < 1.29 is 13.2 Å². The van der Waals surface area contributed by atoms with Crippen LogP contribution in [0.2, 0.25) is 0 Å². The molecule has 0 saturated heterocycles. The zero-order chi connectivity index (χ0) is 15.8.